The van der Waals surface area contributed by atoms with Crippen LogP contribution in [-0.2, 0) is 4.74 Å². The summed E-state index contributed by atoms with van der Waals surface area (Å²) in [6, 6.07) is 12.5. The molecule has 0 aliphatic rings. The van der Waals surface area contributed by atoms with E-state index in [0.29, 0.717) is 5.69 Å². The van der Waals surface area contributed by atoms with Gasteiger partial charge in [0.1, 0.15) is 23.0 Å². The number of carbonyl (C=O) groups is 1. The lowest BCUT2D eigenvalue weighted by molar-refractivity contribution is 0.0526. The van der Waals surface area contributed by atoms with E-state index in [0.717, 1.165) is 12.1 Å². The van der Waals surface area contributed by atoms with Gasteiger partial charge in [-0.15, -0.1) is 0 Å². The molecule has 0 amide bonds. The van der Waals surface area contributed by atoms with Crippen LogP contribution in [0, 0.1) is 18.6 Å². The van der Waals surface area contributed by atoms with Crippen LogP contribution in [0.5, 0.6) is 0 Å². The van der Waals surface area contributed by atoms with Gasteiger partial charge in [0.2, 0.25) is 0 Å². The summed E-state index contributed by atoms with van der Waals surface area (Å²) < 4.78 is 33.4. The fourth-order valence-corrected chi connectivity index (χ4v) is 2.59. The molecule has 0 aliphatic heterocycles. The number of aryl methyl sites for hydroxylation is 1. The van der Waals surface area contributed by atoms with Gasteiger partial charge in [0.25, 0.3) is 0 Å². The van der Waals surface area contributed by atoms with Crippen molar-refractivity contribution in [1.82, 2.24) is 9.97 Å². The molecule has 3 aromatic rings. The molecule has 166 valence electrons. The number of para-hydroxylation sites is 1. The average molecular weight is 430 g/mol. The highest BCUT2D eigenvalue weighted by atomic mass is 19.1. The number of nitrogens with zero attached hydrogens (tertiary/aromatic N) is 2. The molecule has 0 fully saturated rings. The summed E-state index contributed by atoms with van der Waals surface area (Å²) in [6.07, 6.45) is 0. The van der Waals surface area contributed by atoms with E-state index in [4.69, 9.17) is 4.74 Å². The van der Waals surface area contributed by atoms with Gasteiger partial charge in [-0.3, -0.25) is 0 Å². The zero-order valence-electron chi connectivity index (χ0n) is 18.8. The van der Waals surface area contributed by atoms with E-state index in [9.17, 15) is 13.6 Å². The molecule has 7 heteroatoms. The Bertz CT molecular complexity index is 960. The van der Waals surface area contributed by atoms with Gasteiger partial charge in [-0.1, -0.05) is 52.0 Å². The van der Waals surface area contributed by atoms with E-state index in [1.165, 1.54) is 6.07 Å². The summed E-state index contributed by atoms with van der Waals surface area (Å²) in [5, 5.41) is 3.00. The van der Waals surface area contributed by atoms with Gasteiger partial charge in [-0.2, -0.15) is 0 Å². The van der Waals surface area contributed by atoms with Gasteiger partial charge in [-0.25, -0.2) is 23.5 Å². The van der Waals surface area contributed by atoms with Crippen molar-refractivity contribution in [3.63, 3.8) is 0 Å². The Balaban J connectivity index is 0.00000113. The number of carbonyl (C=O) groups excluding carboxylic acids is 1. The third kappa shape index (κ3) is 6.57. The SMILES string of the molecule is CC.CC.CCOC(=O)c1c(C)nc(-c2c(F)cccc2F)nc1Nc1ccccc1. The Hall–Kier alpha value is -3.35. The van der Waals surface area contributed by atoms with Crippen LogP contribution in [0.25, 0.3) is 11.4 Å². The first kappa shape index (κ1) is 25.7. The van der Waals surface area contributed by atoms with Crippen LogP contribution in [0.15, 0.2) is 48.5 Å². The third-order valence-corrected chi connectivity index (χ3v) is 3.79. The van der Waals surface area contributed by atoms with Gasteiger partial charge in [0, 0.05) is 5.69 Å². The van der Waals surface area contributed by atoms with E-state index in [1.54, 1.807) is 38.1 Å². The largest absolute Gasteiger partial charge is 0.462 e. The minimum atomic E-state index is -0.788. The van der Waals surface area contributed by atoms with Crippen LogP contribution in [0.3, 0.4) is 0 Å². The zero-order chi connectivity index (χ0) is 23.4. The molecule has 1 N–H and O–H groups in total. The van der Waals surface area contributed by atoms with Gasteiger partial charge < -0.3 is 10.1 Å². The monoisotopic (exact) mass is 429 g/mol. The minimum Gasteiger partial charge on any atom is -0.462 e. The molecule has 0 saturated heterocycles. The molecular weight excluding hydrogens is 400 g/mol. The molecule has 31 heavy (non-hydrogen) atoms. The number of esters is 1. The highest BCUT2D eigenvalue weighted by molar-refractivity contribution is 5.97. The Morgan fingerprint density at radius 2 is 1.52 bits per heavy atom. The topological polar surface area (TPSA) is 64.1 Å². The Morgan fingerprint density at radius 1 is 0.935 bits per heavy atom. The molecular formula is C24H29F2N3O2. The molecule has 3 rings (SSSR count). The molecule has 0 aliphatic carbocycles. The molecule has 0 radical (unpaired) electrons. The lowest BCUT2D eigenvalue weighted by Gasteiger charge is -2.14. The molecule has 1 heterocycles. The van der Waals surface area contributed by atoms with Crippen molar-refractivity contribution >= 4 is 17.5 Å². The average Bonchev–Trinajstić information content (AvgIpc) is 2.77. The molecule has 5 nitrogen and oxygen atoms in total. The van der Waals surface area contributed by atoms with Crippen LogP contribution >= 0.6 is 0 Å². The number of nitrogens with one attached hydrogen (secondary N) is 1. The highest BCUT2D eigenvalue weighted by Gasteiger charge is 2.23. The van der Waals surface area contributed by atoms with Crippen molar-refractivity contribution in [2.45, 2.75) is 41.5 Å². The van der Waals surface area contributed by atoms with Gasteiger partial charge in [0.15, 0.2) is 5.82 Å². The predicted molar refractivity (Wildman–Crippen MR) is 120 cm³/mol. The highest BCUT2D eigenvalue weighted by Crippen LogP contribution is 2.28. The number of ether oxygens (including phenoxy) is 1. The first-order valence-corrected chi connectivity index (χ1v) is 10.3. The molecule has 0 atom stereocenters. The number of anilines is 2. The van der Waals surface area contributed by atoms with Crippen molar-refractivity contribution in [2.75, 3.05) is 11.9 Å². The van der Waals surface area contributed by atoms with E-state index < -0.39 is 17.6 Å². The first-order chi connectivity index (χ1) is 15.0. The van der Waals surface area contributed by atoms with Crippen molar-refractivity contribution < 1.29 is 18.3 Å². The maximum absolute atomic E-state index is 14.2. The normalized spacial score (nSPS) is 9.55. The maximum Gasteiger partial charge on any atom is 0.343 e. The first-order valence-electron chi connectivity index (χ1n) is 10.3. The van der Waals surface area contributed by atoms with Crippen LogP contribution < -0.4 is 5.32 Å². The number of hydrogen-bond donors (Lipinski definition) is 1. The van der Waals surface area contributed by atoms with Crippen LogP contribution in [0.2, 0.25) is 0 Å². The molecule has 1 aromatic heterocycles. The number of rotatable bonds is 5. The fourth-order valence-electron chi connectivity index (χ4n) is 2.59. The van der Waals surface area contributed by atoms with E-state index in [1.807, 2.05) is 33.8 Å². The van der Waals surface area contributed by atoms with Crippen molar-refractivity contribution in [3.05, 3.63) is 71.4 Å². The van der Waals surface area contributed by atoms with Crippen molar-refractivity contribution in [3.8, 4) is 11.4 Å². The summed E-state index contributed by atoms with van der Waals surface area (Å²) >= 11 is 0. The molecule has 0 unspecified atom stereocenters. The van der Waals surface area contributed by atoms with Crippen LogP contribution in [0.1, 0.15) is 50.7 Å². The standard InChI is InChI=1S/C20H17F2N3O2.2C2H6/c1-3-27-20(26)16-12(2)23-19(17-14(21)10-7-11-15(17)22)25-18(16)24-13-8-5-4-6-9-13;2*1-2/h4-11H,3H2,1-2H3,(H,23,24,25);2*1-2H3. The maximum atomic E-state index is 14.2. The van der Waals surface area contributed by atoms with E-state index in [2.05, 4.69) is 15.3 Å². The zero-order valence-corrected chi connectivity index (χ0v) is 18.8. The molecule has 2 aromatic carbocycles. The van der Waals surface area contributed by atoms with Crippen molar-refractivity contribution in [1.29, 1.82) is 0 Å². The van der Waals surface area contributed by atoms with Gasteiger partial charge in [0.05, 0.1) is 17.9 Å². The Kier molecular flexibility index (Phi) is 10.8. The Labute approximate surface area is 182 Å². The summed E-state index contributed by atoms with van der Waals surface area (Å²) in [5.74, 6) is -2.23. The predicted octanol–water partition coefficient (Wildman–Crippen LogP) is 6.70. The number of halogens is 2. The number of benzene rings is 2. The molecule has 0 saturated carbocycles. The third-order valence-electron chi connectivity index (χ3n) is 3.79. The van der Waals surface area contributed by atoms with E-state index in [-0.39, 0.29) is 35.1 Å². The van der Waals surface area contributed by atoms with Crippen LogP contribution in [-0.4, -0.2) is 22.5 Å². The van der Waals surface area contributed by atoms with Gasteiger partial charge >= 0.3 is 5.97 Å². The quantitative estimate of drug-likeness (QED) is 0.457. The fraction of sp³-hybridized carbons (Fsp3) is 0.292. The number of aromatic nitrogens is 2. The van der Waals surface area contributed by atoms with Crippen molar-refractivity contribution in [2.24, 2.45) is 0 Å². The summed E-state index contributed by atoms with van der Waals surface area (Å²) in [4.78, 5) is 20.7. The van der Waals surface area contributed by atoms with Gasteiger partial charge in [-0.05, 0) is 38.1 Å². The molecule has 0 spiro atoms. The number of hydrogen-bond acceptors (Lipinski definition) is 5. The second-order valence-corrected chi connectivity index (χ2v) is 5.66. The lowest BCUT2D eigenvalue weighted by Crippen LogP contribution is -2.14. The molecule has 0 bridgehead atoms. The lowest BCUT2D eigenvalue weighted by atomic mass is 10.1. The second kappa shape index (κ2) is 13.1. The Morgan fingerprint density at radius 3 is 2.06 bits per heavy atom. The summed E-state index contributed by atoms with van der Waals surface area (Å²) in [6.45, 7) is 11.4. The smallest absolute Gasteiger partial charge is 0.343 e. The summed E-state index contributed by atoms with van der Waals surface area (Å²) in [5.41, 5.74) is 0.661. The minimum absolute atomic E-state index is 0.112. The van der Waals surface area contributed by atoms with E-state index >= 15 is 0 Å². The second-order valence-electron chi connectivity index (χ2n) is 5.66. The summed E-state index contributed by atoms with van der Waals surface area (Å²) in [7, 11) is 0. The van der Waals surface area contributed by atoms with Crippen LogP contribution in [0.4, 0.5) is 20.3 Å².